The van der Waals surface area contributed by atoms with Crippen molar-refractivity contribution in [2.24, 2.45) is 0 Å². The van der Waals surface area contributed by atoms with Gasteiger partial charge in [-0.15, -0.1) is 0 Å². The number of rotatable bonds is 17. The first-order chi connectivity index (χ1) is 22.2. The van der Waals surface area contributed by atoms with Gasteiger partial charge < -0.3 is 10.1 Å². The van der Waals surface area contributed by atoms with E-state index in [1.54, 1.807) is 43.3 Å². The lowest BCUT2D eigenvalue weighted by molar-refractivity contribution is -0.118. The number of aryl methyl sites for hydroxylation is 1. The zero-order chi connectivity index (χ0) is 33.1. The summed E-state index contributed by atoms with van der Waals surface area (Å²) in [5, 5.41) is 2.63. The molecule has 1 atom stereocenters. The Morgan fingerprint density at radius 3 is 1.93 bits per heavy atom. The number of hydrogen-bond acceptors (Lipinski definition) is 6. The SMILES string of the molecule is CCCCCCCCCCCCOC(=O)c1ccc(NC(=O)C(C(=O)c2ccccc2C)N2C(=O)c3ccccc3C2=O)c(Cl)c1. The van der Waals surface area contributed by atoms with Crippen LogP contribution in [0.2, 0.25) is 5.02 Å². The van der Waals surface area contributed by atoms with Crippen molar-refractivity contribution in [2.75, 3.05) is 11.9 Å². The molecular weight excluding hydrogens is 604 g/mol. The van der Waals surface area contributed by atoms with Gasteiger partial charge >= 0.3 is 5.97 Å². The van der Waals surface area contributed by atoms with Crippen LogP contribution in [0.1, 0.15) is 118 Å². The summed E-state index contributed by atoms with van der Waals surface area (Å²) in [5.74, 6) is -3.65. The minimum absolute atomic E-state index is 0.0335. The number of fused-ring (bicyclic) bond motifs is 1. The maximum Gasteiger partial charge on any atom is 0.338 e. The van der Waals surface area contributed by atoms with Gasteiger partial charge in [0.2, 0.25) is 0 Å². The summed E-state index contributed by atoms with van der Waals surface area (Å²) >= 11 is 6.45. The van der Waals surface area contributed by atoms with Crippen molar-refractivity contribution in [3.63, 3.8) is 0 Å². The molecule has 3 aromatic rings. The lowest BCUT2D eigenvalue weighted by Gasteiger charge is -2.25. The van der Waals surface area contributed by atoms with Crippen molar-refractivity contribution in [1.82, 2.24) is 4.90 Å². The van der Waals surface area contributed by atoms with Crippen molar-refractivity contribution < 1.29 is 28.7 Å². The molecule has 1 N–H and O–H groups in total. The van der Waals surface area contributed by atoms with Gasteiger partial charge in [0, 0.05) is 5.56 Å². The smallest absolute Gasteiger partial charge is 0.338 e. The van der Waals surface area contributed by atoms with E-state index in [0.717, 1.165) is 19.3 Å². The highest BCUT2D eigenvalue weighted by molar-refractivity contribution is 6.35. The first kappa shape index (κ1) is 34.6. The maximum absolute atomic E-state index is 13.8. The van der Waals surface area contributed by atoms with Crippen LogP contribution in [0.15, 0.2) is 66.7 Å². The van der Waals surface area contributed by atoms with Crippen molar-refractivity contribution in [1.29, 1.82) is 0 Å². The third kappa shape index (κ3) is 8.49. The number of benzene rings is 3. The summed E-state index contributed by atoms with van der Waals surface area (Å²) in [6, 6.07) is 15.3. The average molecular weight is 645 g/mol. The highest BCUT2D eigenvalue weighted by atomic mass is 35.5. The molecule has 3 amide bonds. The van der Waals surface area contributed by atoms with Gasteiger partial charge in [-0.05, 0) is 49.2 Å². The summed E-state index contributed by atoms with van der Waals surface area (Å²) in [6.45, 7) is 4.22. The molecule has 0 fully saturated rings. The van der Waals surface area contributed by atoms with Gasteiger partial charge in [-0.25, -0.2) is 4.79 Å². The predicted octanol–water partition coefficient (Wildman–Crippen LogP) is 8.21. The number of anilines is 1. The summed E-state index contributed by atoms with van der Waals surface area (Å²) in [4.78, 5) is 67.5. The number of nitrogens with one attached hydrogen (secondary N) is 1. The Labute approximate surface area is 275 Å². The molecule has 0 saturated carbocycles. The Morgan fingerprint density at radius 1 is 0.783 bits per heavy atom. The minimum Gasteiger partial charge on any atom is -0.462 e. The van der Waals surface area contributed by atoms with E-state index >= 15 is 0 Å². The lowest BCUT2D eigenvalue weighted by atomic mass is 9.97. The number of carbonyl (C=O) groups is 5. The minimum atomic E-state index is -1.80. The number of unbranched alkanes of at least 4 members (excludes halogenated alkanes) is 9. The Bertz CT molecular complexity index is 1550. The van der Waals surface area contributed by atoms with Crippen LogP contribution in [0.4, 0.5) is 5.69 Å². The second-order valence-electron chi connectivity index (χ2n) is 11.6. The van der Waals surface area contributed by atoms with Gasteiger partial charge in [0.25, 0.3) is 17.7 Å². The summed E-state index contributed by atoms with van der Waals surface area (Å²) in [5.41, 5.74) is 1.33. The molecule has 0 saturated heterocycles. The molecule has 46 heavy (non-hydrogen) atoms. The molecule has 242 valence electrons. The molecule has 1 heterocycles. The largest absolute Gasteiger partial charge is 0.462 e. The molecule has 0 bridgehead atoms. The fourth-order valence-corrected chi connectivity index (χ4v) is 5.80. The third-order valence-corrected chi connectivity index (χ3v) is 8.50. The first-order valence-corrected chi connectivity index (χ1v) is 16.5. The topological polar surface area (TPSA) is 110 Å². The van der Waals surface area contributed by atoms with Gasteiger partial charge in [-0.1, -0.05) is 113 Å². The first-order valence-electron chi connectivity index (χ1n) is 16.1. The number of hydrogen-bond donors (Lipinski definition) is 1. The van der Waals surface area contributed by atoms with Gasteiger partial charge in [0.05, 0.1) is 34.0 Å². The monoisotopic (exact) mass is 644 g/mol. The highest BCUT2D eigenvalue weighted by Gasteiger charge is 2.46. The fourth-order valence-electron chi connectivity index (χ4n) is 5.57. The van der Waals surface area contributed by atoms with Gasteiger partial charge in [-0.3, -0.25) is 24.1 Å². The van der Waals surface area contributed by atoms with Crippen LogP contribution in [0.3, 0.4) is 0 Å². The number of nitrogens with zero attached hydrogens (tertiary/aromatic N) is 1. The van der Waals surface area contributed by atoms with Crippen LogP contribution < -0.4 is 5.32 Å². The van der Waals surface area contributed by atoms with Gasteiger partial charge in [0.15, 0.2) is 11.8 Å². The Morgan fingerprint density at radius 2 is 1.35 bits per heavy atom. The van der Waals surface area contributed by atoms with Crippen LogP contribution in [-0.2, 0) is 9.53 Å². The molecule has 9 heteroatoms. The van der Waals surface area contributed by atoms with Crippen LogP contribution in [0.5, 0.6) is 0 Å². The number of ether oxygens (including phenoxy) is 1. The molecule has 8 nitrogen and oxygen atoms in total. The quantitative estimate of drug-likeness (QED) is 0.0521. The van der Waals surface area contributed by atoms with E-state index in [1.165, 1.54) is 75.3 Å². The van der Waals surface area contributed by atoms with Crippen LogP contribution in [0, 0.1) is 6.92 Å². The van der Waals surface area contributed by atoms with E-state index in [0.29, 0.717) is 17.1 Å². The summed E-state index contributed by atoms with van der Waals surface area (Å²) in [6.07, 6.45) is 11.8. The number of halogens is 1. The standard InChI is InChI=1S/C37H41ClN2O6/c1-3-4-5-6-7-8-9-10-11-16-23-46-37(45)26-21-22-31(30(38)24-26)39-34(42)32(33(41)27-18-13-12-17-25(27)2)40-35(43)28-19-14-15-20-29(28)36(40)44/h12-15,17-22,24,32H,3-11,16,23H2,1-2H3,(H,39,42). The number of Topliss-reactive ketones (excluding diaryl/α,β-unsaturated/α-hetero) is 1. The van der Waals surface area contributed by atoms with Crippen molar-refractivity contribution >= 4 is 46.8 Å². The molecule has 1 unspecified atom stereocenters. The molecule has 0 aromatic heterocycles. The number of ketones is 1. The molecule has 0 radical (unpaired) electrons. The number of carbonyl (C=O) groups excluding carboxylic acids is 5. The second-order valence-corrected chi connectivity index (χ2v) is 12.0. The zero-order valence-corrected chi connectivity index (χ0v) is 27.2. The maximum atomic E-state index is 13.8. The Balaban J connectivity index is 1.38. The summed E-state index contributed by atoms with van der Waals surface area (Å²) in [7, 11) is 0. The number of esters is 1. The van der Waals surface area contributed by atoms with Crippen LogP contribution in [-0.4, -0.2) is 47.0 Å². The molecule has 1 aliphatic rings. The number of amides is 3. The molecule has 0 spiro atoms. The second kappa shape index (κ2) is 16.9. The average Bonchev–Trinajstić information content (AvgIpc) is 3.30. The van der Waals surface area contributed by atoms with E-state index in [9.17, 15) is 24.0 Å². The predicted molar refractivity (Wildman–Crippen MR) is 178 cm³/mol. The van der Waals surface area contributed by atoms with Crippen LogP contribution in [0.25, 0.3) is 0 Å². The van der Waals surface area contributed by atoms with Crippen LogP contribution >= 0.6 is 11.6 Å². The Kier molecular flexibility index (Phi) is 12.7. The number of imide groups is 1. The van der Waals surface area contributed by atoms with Crippen molar-refractivity contribution in [2.45, 2.75) is 84.1 Å². The molecule has 1 aliphatic heterocycles. The van der Waals surface area contributed by atoms with E-state index in [2.05, 4.69) is 12.2 Å². The highest BCUT2D eigenvalue weighted by Crippen LogP contribution is 2.29. The van der Waals surface area contributed by atoms with E-state index in [-0.39, 0.29) is 33.0 Å². The van der Waals surface area contributed by atoms with Crippen molar-refractivity contribution in [3.8, 4) is 0 Å². The van der Waals surface area contributed by atoms with Gasteiger partial charge in [-0.2, -0.15) is 0 Å². The summed E-state index contributed by atoms with van der Waals surface area (Å²) < 4.78 is 5.42. The van der Waals surface area contributed by atoms with E-state index in [4.69, 9.17) is 16.3 Å². The lowest BCUT2D eigenvalue weighted by Crippen LogP contribution is -2.52. The fraction of sp³-hybridized carbons (Fsp3) is 0.378. The molecule has 4 rings (SSSR count). The van der Waals surface area contributed by atoms with Crippen molar-refractivity contribution in [3.05, 3.63) is 99.6 Å². The molecular formula is C37H41ClN2O6. The zero-order valence-electron chi connectivity index (χ0n) is 26.5. The Hall–Kier alpha value is -4.30. The normalized spacial score (nSPS) is 13.0. The third-order valence-electron chi connectivity index (χ3n) is 8.18. The van der Waals surface area contributed by atoms with Gasteiger partial charge in [0.1, 0.15) is 0 Å². The van der Waals surface area contributed by atoms with E-state index in [1.807, 2.05) is 0 Å². The molecule has 3 aromatic carbocycles. The molecule has 0 aliphatic carbocycles. The van der Waals surface area contributed by atoms with E-state index < -0.39 is 35.5 Å².